The lowest BCUT2D eigenvalue weighted by molar-refractivity contribution is 0.101. The molecule has 6 heteroatoms. The maximum absolute atomic E-state index is 13.4. The maximum Gasteiger partial charge on any atom is 0.293 e. The van der Waals surface area contributed by atoms with Crippen LogP contribution in [0.5, 0.6) is 0 Å². The van der Waals surface area contributed by atoms with Crippen LogP contribution in [0.15, 0.2) is 48.5 Å². The van der Waals surface area contributed by atoms with Gasteiger partial charge in [0.05, 0.1) is 5.39 Å². The predicted octanol–water partition coefficient (Wildman–Crippen LogP) is 5.90. The second-order valence-corrected chi connectivity index (χ2v) is 9.20. The second-order valence-electron chi connectivity index (χ2n) is 9.20. The first kappa shape index (κ1) is 22.1. The van der Waals surface area contributed by atoms with Crippen molar-refractivity contribution < 1.29 is 4.79 Å². The van der Waals surface area contributed by atoms with E-state index < -0.39 is 0 Å². The van der Waals surface area contributed by atoms with Crippen molar-refractivity contribution in [2.24, 2.45) is 0 Å². The number of aryl methyl sites for hydroxylation is 2. The summed E-state index contributed by atoms with van der Waals surface area (Å²) in [5.74, 6) is 0.778. The van der Waals surface area contributed by atoms with Gasteiger partial charge in [-0.25, -0.2) is 9.97 Å². The van der Waals surface area contributed by atoms with Gasteiger partial charge in [-0.1, -0.05) is 30.3 Å². The molecule has 2 aromatic heterocycles. The minimum absolute atomic E-state index is 0.198. The Labute approximate surface area is 200 Å². The summed E-state index contributed by atoms with van der Waals surface area (Å²) in [6.45, 7) is 10.2. The third-order valence-electron chi connectivity index (χ3n) is 7.06. The van der Waals surface area contributed by atoms with Gasteiger partial charge in [0.2, 0.25) is 5.82 Å². The van der Waals surface area contributed by atoms with Gasteiger partial charge in [0.15, 0.2) is 5.65 Å². The zero-order valence-electron chi connectivity index (χ0n) is 20.4. The maximum atomic E-state index is 13.4. The number of piperidine rings is 1. The van der Waals surface area contributed by atoms with Gasteiger partial charge in [-0.2, -0.15) is 0 Å². The van der Waals surface area contributed by atoms with E-state index in [-0.39, 0.29) is 11.7 Å². The van der Waals surface area contributed by atoms with E-state index in [1.807, 2.05) is 50.2 Å². The largest absolute Gasteiger partial charge is 0.356 e. The summed E-state index contributed by atoms with van der Waals surface area (Å²) in [6, 6.07) is 16.1. The molecule has 3 heterocycles. The zero-order valence-corrected chi connectivity index (χ0v) is 20.4. The first-order valence-corrected chi connectivity index (χ1v) is 12.0. The molecule has 0 radical (unpaired) electrons. The molecule has 4 aromatic rings. The highest BCUT2D eigenvalue weighted by Crippen LogP contribution is 2.35. The fraction of sp³-hybridized carbons (Fsp3) is 0.321. The van der Waals surface area contributed by atoms with Crippen LogP contribution in [0.4, 0.5) is 11.5 Å². The predicted molar refractivity (Wildman–Crippen MR) is 138 cm³/mol. The normalized spacial score (nSPS) is 13.9. The topological polar surface area (TPSA) is 63.1 Å². The number of nitrogens with one attached hydrogen (secondary N) is 1. The number of fused-ring (bicyclic) bond motifs is 1. The van der Waals surface area contributed by atoms with E-state index in [1.54, 1.807) is 0 Å². The third kappa shape index (κ3) is 3.83. The van der Waals surface area contributed by atoms with E-state index in [0.717, 1.165) is 76.5 Å². The van der Waals surface area contributed by atoms with Gasteiger partial charge in [-0.15, -0.1) is 0 Å². The Balaban J connectivity index is 1.69. The molecule has 0 aliphatic carbocycles. The van der Waals surface area contributed by atoms with E-state index >= 15 is 0 Å². The molecule has 174 valence electrons. The molecular formula is C28H31N5O. The van der Waals surface area contributed by atoms with Crippen LogP contribution in [-0.2, 0) is 0 Å². The number of carbonyl (C=O) groups is 1. The van der Waals surface area contributed by atoms with Crippen LogP contribution in [0.2, 0.25) is 0 Å². The van der Waals surface area contributed by atoms with E-state index in [2.05, 4.69) is 40.8 Å². The van der Waals surface area contributed by atoms with Crippen molar-refractivity contribution >= 4 is 28.4 Å². The van der Waals surface area contributed by atoms with Crippen LogP contribution >= 0.6 is 0 Å². The van der Waals surface area contributed by atoms with E-state index in [0.29, 0.717) is 0 Å². The van der Waals surface area contributed by atoms with Crippen molar-refractivity contribution in [3.8, 4) is 5.69 Å². The molecule has 1 aliphatic rings. The third-order valence-corrected chi connectivity index (χ3v) is 7.06. The first-order valence-electron chi connectivity index (χ1n) is 12.0. The Morgan fingerprint density at radius 2 is 1.59 bits per heavy atom. The van der Waals surface area contributed by atoms with Crippen molar-refractivity contribution in [1.82, 2.24) is 14.5 Å². The number of hydrogen-bond acceptors (Lipinski definition) is 4. The van der Waals surface area contributed by atoms with Crippen LogP contribution in [0, 0.1) is 27.7 Å². The van der Waals surface area contributed by atoms with Gasteiger partial charge >= 0.3 is 0 Å². The number of carbonyl (C=O) groups excluding carboxylic acids is 1. The number of amides is 1. The monoisotopic (exact) mass is 453 g/mol. The number of nitrogens with zero attached hydrogens (tertiary/aromatic N) is 4. The minimum Gasteiger partial charge on any atom is -0.356 e. The Hall–Kier alpha value is -3.67. The molecule has 1 fully saturated rings. The quantitative estimate of drug-likeness (QED) is 0.418. The molecule has 1 N–H and O–H groups in total. The molecular weight excluding hydrogens is 422 g/mol. The van der Waals surface area contributed by atoms with Crippen molar-refractivity contribution in [2.75, 3.05) is 23.3 Å². The Morgan fingerprint density at radius 1 is 0.853 bits per heavy atom. The summed E-state index contributed by atoms with van der Waals surface area (Å²) < 4.78 is 2.15. The lowest BCUT2D eigenvalue weighted by atomic mass is 10.1. The van der Waals surface area contributed by atoms with Gasteiger partial charge in [0, 0.05) is 30.2 Å². The first-order chi connectivity index (χ1) is 16.5. The molecule has 5 rings (SSSR count). The smallest absolute Gasteiger partial charge is 0.293 e. The fourth-order valence-electron chi connectivity index (χ4n) is 4.84. The summed E-state index contributed by atoms with van der Waals surface area (Å²) in [6.07, 6.45) is 3.49. The molecule has 1 aliphatic heterocycles. The molecule has 6 nitrogen and oxygen atoms in total. The van der Waals surface area contributed by atoms with Crippen molar-refractivity contribution in [1.29, 1.82) is 0 Å². The molecule has 1 saturated heterocycles. The lowest BCUT2D eigenvalue weighted by Gasteiger charge is -2.28. The molecule has 0 spiro atoms. The van der Waals surface area contributed by atoms with Crippen LogP contribution in [0.1, 0.15) is 52.3 Å². The van der Waals surface area contributed by atoms with E-state index in [9.17, 15) is 4.79 Å². The van der Waals surface area contributed by atoms with Crippen LogP contribution in [-0.4, -0.2) is 33.5 Å². The number of hydrogen-bond donors (Lipinski definition) is 1. The van der Waals surface area contributed by atoms with Gasteiger partial charge in [0.1, 0.15) is 5.82 Å². The standard InChI is InChI=1S/C28H31N5O/c1-18-12-11-15-23(19(18)2)29-28(34)25-30-26(32-16-9-6-10-17-32)24-20(3)21(4)33(27(24)31-25)22-13-7-5-8-14-22/h5,7-8,11-15H,6,9-10,16-17H2,1-4H3,(H,29,34). The molecule has 1 amide bonds. The zero-order chi connectivity index (χ0) is 23.8. The molecule has 34 heavy (non-hydrogen) atoms. The molecule has 0 bridgehead atoms. The number of benzene rings is 2. The lowest BCUT2D eigenvalue weighted by Crippen LogP contribution is -2.31. The fourth-order valence-corrected chi connectivity index (χ4v) is 4.84. The van der Waals surface area contributed by atoms with Crippen LogP contribution < -0.4 is 10.2 Å². The number of aromatic nitrogens is 3. The van der Waals surface area contributed by atoms with Crippen molar-refractivity contribution in [2.45, 2.75) is 47.0 Å². The summed E-state index contributed by atoms with van der Waals surface area (Å²) in [5.41, 5.74) is 7.05. The number of para-hydroxylation sites is 1. The van der Waals surface area contributed by atoms with E-state index in [4.69, 9.17) is 9.97 Å². The van der Waals surface area contributed by atoms with Gasteiger partial charge < -0.3 is 10.2 Å². The Morgan fingerprint density at radius 3 is 2.32 bits per heavy atom. The van der Waals surface area contributed by atoms with Gasteiger partial charge in [-0.3, -0.25) is 9.36 Å². The van der Waals surface area contributed by atoms with Gasteiger partial charge in [-0.05, 0) is 81.8 Å². The van der Waals surface area contributed by atoms with E-state index in [1.165, 1.54) is 6.42 Å². The summed E-state index contributed by atoms with van der Waals surface area (Å²) in [4.78, 5) is 25.5. The highest BCUT2D eigenvalue weighted by molar-refractivity contribution is 6.05. The van der Waals surface area contributed by atoms with Gasteiger partial charge in [0.25, 0.3) is 5.91 Å². The molecule has 0 atom stereocenters. The molecule has 0 unspecified atom stereocenters. The minimum atomic E-state index is -0.287. The SMILES string of the molecule is Cc1cccc(NC(=O)c2nc(N3CCCCC3)c3c(C)c(C)n(-c4ccccc4)c3n2)c1C. The highest BCUT2D eigenvalue weighted by atomic mass is 16.2. The summed E-state index contributed by atoms with van der Waals surface area (Å²) in [7, 11) is 0. The van der Waals surface area contributed by atoms with Crippen molar-refractivity contribution in [3.05, 3.63) is 76.7 Å². The average Bonchev–Trinajstić information content (AvgIpc) is 3.12. The summed E-state index contributed by atoms with van der Waals surface area (Å²) >= 11 is 0. The summed E-state index contributed by atoms with van der Waals surface area (Å²) in [5, 5.41) is 4.08. The number of anilines is 2. The Kier molecular flexibility index (Phi) is 5.82. The molecule has 0 saturated carbocycles. The van der Waals surface area contributed by atoms with Crippen LogP contribution in [0.25, 0.3) is 16.7 Å². The Bertz CT molecular complexity index is 1370. The highest BCUT2D eigenvalue weighted by Gasteiger charge is 2.25. The average molecular weight is 454 g/mol. The van der Waals surface area contributed by atoms with Crippen molar-refractivity contribution in [3.63, 3.8) is 0 Å². The number of rotatable bonds is 4. The van der Waals surface area contributed by atoms with Crippen LogP contribution in [0.3, 0.4) is 0 Å². The second kappa shape index (κ2) is 8.93. The molecule has 2 aromatic carbocycles.